The van der Waals surface area contributed by atoms with E-state index in [1.54, 1.807) is 18.2 Å². The van der Waals surface area contributed by atoms with E-state index in [0.29, 0.717) is 17.1 Å². The fourth-order valence-electron chi connectivity index (χ4n) is 2.04. The summed E-state index contributed by atoms with van der Waals surface area (Å²) >= 11 is 0. The lowest BCUT2D eigenvalue weighted by Gasteiger charge is -2.07. The van der Waals surface area contributed by atoms with Crippen molar-refractivity contribution in [1.29, 1.82) is 0 Å². The molecule has 0 unspecified atom stereocenters. The van der Waals surface area contributed by atoms with Crippen LogP contribution < -0.4 is 4.74 Å². The standard InChI is InChI=1S/C15H12F2N2O2/c16-10-5-4-9(11(17)6-10)8-21-13-3-1-2-12-15(13)19-14(7-20)18-12/h1-6,20H,7-8H2,(H,18,19). The van der Waals surface area contributed by atoms with E-state index in [9.17, 15) is 8.78 Å². The molecule has 3 aromatic rings. The lowest BCUT2D eigenvalue weighted by molar-refractivity contribution is 0.272. The van der Waals surface area contributed by atoms with Gasteiger partial charge in [-0.1, -0.05) is 6.07 Å². The molecule has 0 spiro atoms. The van der Waals surface area contributed by atoms with Crippen molar-refractivity contribution in [3.63, 3.8) is 0 Å². The van der Waals surface area contributed by atoms with E-state index in [2.05, 4.69) is 9.97 Å². The Balaban J connectivity index is 1.86. The van der Waals surface area contributed by atoms with Gasteiger partial charge in [-0.15, -0.1) is 0 Å². The number of aromatic amines is 1. The average molecular weight is 290 g/mol. The summed E-state index contributed by atoms with van der Waals surface area (Å²) < 4.78 is 32.0. The summed E-state index contributed by atoms with van der Waals surface area (Å²) in [5, 5.41) is 9.08. The van der Waals surface area contributed by atoms with Gasteiger partial charge in [0, 0.05) is 11.6 Å². The Hall–Kier alpha value is -2.47. The summed E-state index contributed by atoms with van der Waals surface area (Å²) in [6.07, 6.45) is 0. The largest absolute Gasteiger partial charge is 0.486 e. The van der Waals surface area contributed by atoms with Gasteiger partial charge >= 0.3 is 0 Å². The van der Waals surface area contributed by atoms with Crippen molar-refractivity contribution in [2.45, 2.75) is 13.2 Å². The minimum atomic E-state index is -0.653. The minimum Gasteiger partial charge on any atom is -0.486 e. The van der Waals surface area contributed by atoms with Crippen molar-refractivity contribution < 1.29 is 18.6 Å². The van der Waals surface area contributed by atoms with Gasteiger partial charge in [-0.05, 0) is 24.3 Å². The van der Waals surface area contributed by atoms with Crippen LogP contribution in [0.1, 0.15) is 11.4 Å². The second-order valence-electron chi connectivity index (χ2n) is 4.52. The van der Waals surface area contributed by atoms with Gasteiger partial charge in [0.15, 0.2) is 0 Å². The fraction of sp³-hybridized carbons (Fsp3) is 0.133. The molecule has 2 aromatic carbocycles. The number of imidazole rings is 1. The Morgan fingerprint density at radius 2 is 2.05 bits per heavy atom. The summed E-state index contributed by atoms with van der Waals surface area (Å²) in [6, 6.07) is 8.60. The number of halogens is 2. The predicted molar refractivity (Wildman–Crippen MR) is 72.7 cm³/mol. The molecule has 1 heterocycles. The molecule has 6 heteroatoms. The molecule has 4 nitrogen and oxygen atoms in total. The maximum Gasteiger partial charge on any atom is 0.147 e. The third kappa shape index (κ3) is 2.71. The first-order chi connectivity index (χ1) is 10.2. The van der Waals surface area contributed by atoms with Crippen LogP contribution in [-0.2, 0) is 13.2 Å². The van der Waals surface area contributed by atoms with E-state index in [0.717, 1.165) is 11.6 Å². The highest BCUT2D eigenvalue weighted by molar-refractivity contribution is 5.81. The molecular weight excluding hydrogens is 278 g/mol. The van der Waals surface area contributed by atoms with Crippen molar-refractivity contribution in [2.24, 2.45) is 0 Å². The van der Waals surface area contributed by atoms with Crippen LogP contribution in [0, 0.1) is 11.6 Å². The molecule has 0 atom stereocenters. The maximum absolute atomic E-state index is 13.6. The normalized spacial score (nSPS) is 11.0. The number of nitrogens with one attached hydrogen (secondary N) is 1. The van der Waals surface area contributed by atoms with Crippen molar-refractivity contribution in [3.8, 4) is 5.75 Å². The van der Waals surface area contributed by atoms with Crippen molar-refractivity contribution >= 4 is 11.0 Å². The van der Waals surface area contributed by atoms with E-state index in [-0.39, 0.29) is 18.8 Å². The van der Waals surface area contributed by atoms with E-state index < -0.39 is 11.6 Å². The third-order valence-electron chi connectivity index (χ3n) is 3.07. The lowest BCUT2D eigenvalue weighted by atomic mass is 10.2. The molecule has 0 aliphatic heterocycles. The second-order valence-corrected chi connectivity index (χ2v) is 4.52. The number of fused-ring (bicyclic) bond motifs is 1. The molecule has 0 aliphatic carbocycles. The molecule has 3 rings (SSSR count). The first-order valence-corrected chi connectivity index (χ1v) is 6.32. The maximum atomic E-state index is 13.6. The summed E-state index contributed by atoms with van der Waals surface area (Å²) in [4.78, 5) is 7.13. The highest BCUT2D eigenvalue weighted by Crippen LogP contribution is 2.24. The van der Waals surface area contributed by atoms with Crippen LogP contribution in [-0.4, -0.2) is 15.1 Å². The highest BCUT2D eigenvalue weighted by atomic mass is 19.1. The van der Waals surface area contributed by atoms with Gasteiger partial charge in [0.2, 0.25) is 0 Å². The van der Waals surface area contributed by atoms with Crippen LogP contribution >= 0.6 is 0 Å². The summed E-state index contributed by atoms with van der Waals surface area (Å²) in [6.45, 7) is -0.243. The molecule has 0 saturated carbocycles. The fourth-order valence-corrected chi connectivity index (χ4v) is 2.04. The van der Waals surface area contributed by atoms with Crippen molar-refractivity contribution in [3.05, 3.63) is 59.4 Å². The van der Waals surface area contributed by atoms with Gasteiger partial charge in [-0.25, -0.2) is 13.8 Å². The smallest absolute Gasteiger partial charge is 0.147 e. The molecule has 0 radical (unpaired) electrons. The number of hydrogen-bond donors (Lipinski definition) is 2. The van der Waals surface area contributed by atoms with Crippen LogP contribution in [0.3, 0.4) is 0 Å². The lowest BCUT2D eigenvalue weighted by Crippen LogP contribution is -1.99. The van der Waals surface area contributed by atoms with E-state index in [1.807, 2.05) is 0 Å². The van der Waals surface area contributed by atoms with Gasteiger partial charge in [0.1, 0.15) is 41.9 Å². The Kier molecular flexibility index (Phi) is 3.53. The van der Waals surface area contributed by atoms with Crippen LogP contribution in [0.4, 0.5) is 8.78 Å². The molecule has 108 valence electrons. The van der Waals surface area contributed by atoms with Crippen molar-refractivity contribution in [2.75, 3.05) is 0 Å². The second kappa shape index (κ2) is 5.49. The number of aliphatic hydroxyl groups excluding tert-OH is 1. The molecule has 0 saturated heterocycles. The molecule has 0 aliphatic rings. The molecule has 1 aromatic heterocycles. The van der Waals surface area contributed by atoms with Crippen molar-refractivity contribution in [1.82, 2.24) is 9.97 Å². The van der Waals surface area contributed by atoms with Gasteiger partial charge in [-0.3, -0.25) is 0 Å². The number of aromatic nitrogens is 2. The van der Waals surface area contributed by atoms with Gasteiger partial charge in [0.05, 0.1) is 5.52 Å². The Labute approximate surface area is 119 Å². The zero-order chi connectivity index (χ0) is 14.8. The number of ether oxygens (including phenoxy) is 1. The number of H-pyrrole nitrogens is 1. The molecule has 0 fully saturated rings. The number of para-hydroxylation sites is 1. The molecule has 21 heavy (non-hydrogen) atoms. The number of hydrogen-bond acceptors (Lipinski definition) is 3. The summed E-state index contributed by atoms with van der Waals surface area (Å²) in [5.41, 5.74) is 1.53. The Bertz CT molecular complexity index is 786. The quantitative estimate of drug-likeness (QED) is 0.776. The molecule has 2 N–H and O–H groups in total. The van der Waals surface area contributed by atoms with Gasteiger partial charge < -0.3 is 14.8 Å². The molecule has 0 bridgehead atoms. The number of benzene rings is 2. The zero-order valence-corrected chi connectivity index (χ0v) is 10.9. The first-order valence-electron chi connectivity index (χ1n) is 6.32. The third-order valence-corrected chi connectivity index (χ3v) is 3.07. The van der Waals surface area contributed by atoms with Gasteiger partial charge in [-0.2, -0.15) is 0 Å². The SMILES string of the molecule is OCc1nc2c(OCc3ccc(F)cc3F)cccc2[nH]1. The average Bonchev–Trinajstić information content (AvgIpc) is 2.90. The molecular formula is C15H12F2N2O2. The topological polar surface area (TPSA) is 58.1 Å². The number of rotatable bonds is 4. The van der Waals surface area contributed by atoms with Gasteiger partial charge in [0.25, 0.3) is 0 Å². The van der Waals surface area contributed by atoms with Crippen LogP contribution in [0.2, 0.25) is 0 Å². The molecule has 0 amide bonds. The minimum absolute atomic E-state index is 0.0352. The monoisotopic (exact) mass is 290 g/mol. The van der Waals surface area contributed by atoms with E-state index >= 15 is 0 Å². The highest BCUT2D eigenvalue weighted by Gasteiger charge is 2.09. The summed E-state index contributed by atoms with van der Waals surface area (Å²) in [5.74, 6) is -0.389. The van der Waals surface area contributed by atoms with Crippen LogP contribution in [0.5, 0.6) is 5.75 Å². The number of aliphatic hydroxyl groups is 1. The van der Waals surface area contributed by atoms with Crippen LogP contribution in [0.15, 0.2) is 36.4 Å². The summed E-state index contributed by atoms with van der Waals surface area (Å²) in [7, 11) is 0. The number of nitrogens with zero attached hydrogens (tertiary/aromatic N) is 1. The van der Waals surface area contributed by atoms with E-state index in [4.69, 9.17) is 9.84 Å². The Morgan fingerprint density at radius 1 is 1.19 bits per heavy atom. The first kappa shape index (κ1) is 13.5. The zero-order valence-electron chi connectivity index (χ0n) is 10.9. The Morgan fingerprint density at radius 3 is 2.81 bits per heavy atom. The van der Waals surface area contributed by atoms with E-state index in [1.165, 1.54) is 12.1 Å². The van der Waals surface area contributed by atoms with Crippen LogP contribution in [0.25, 0.3) is 11.0 Å². The predicted octanol–water partition coefficient (Wildman–Crippen LogP) is 2.91.